The minimum atomic E-state index is -3.44. The van der Waals surface area contributed by atoms with Crippen molar-refractivity contribution < 1.29 is 13.2 Å². The largest absolute Gasteiger partial charge is 0.492 e. The Bertz CT molecular complexity index is 1790. The highest BCUT2D eigenvalue weighted by Gasteiger charge is 2.40. The van der Waals surface area contributed by atoms with Gasteiger partial charge in [0, 0.05) is 75.7 Å². The van der Waals surface area contributed by atoms with Gasteiger partial charge in [-0.3, -0.25) is 14.9 Å². The summed E-state index contributed by atoms with van der Waals surface area (Å²) in [6, 6.07) is 12.6. The van der Waals surface area contributed by atoms with Crippen LogP contribution >= 0.6 is 0 Å². The van der Waals surface area contributed by atoms with Crippen LogP contribution in [0.3, 0.4) is 0 Å². The smallest absolute Gasteiger partial charge is 0.232 e. The van der Waals surface area contributed by atoms with Gasteiger partial charge >= 0.3 is 0 Å². The lowest BCUT2D eigenvalue weighted by molar-refractivity contribution is 0.0982. The SMILES string of the molecule is CN1CCN(C2CCN(c3ccc(C4(N)N=C(Nc5cccc6c5N(S(C)(=O)=O)CC6)c5cc[nH]c5N4)c4c3CCO4)CC2)CC1. The molecule has 0 spiro atoms. The molecule has 5 aliphatic heterocycles. The molecule has 0 bridgehead atoms. The Labute approximate surface area is 270 Å². The number of nitrogens with zero attached hydrogens (tertiary/aromatic N) is 5. The topological polar surface area (TPSA) is 135 Å². The number of aliphatic imine (C=N–C) groups is 1. The number of hydrogen-bond donors (Lipinski definition) is 4. The van der Waals surface area contributed by atoms with Crippen LogP contribution in [0, 0.1) is 0 Å². The first-order valence-corrected chi connectivity index (χ1v) is 18.2. The Morgan fingerprint density at radius 1 is 1.02 bits per heavy atom. The van der Waals surface area contributed by atoms with Gasteiger partial charge in [-0.2, -0.15) is 0 Å². The van der Waals surface area contributed by atoms with Gasteiger partial charge in [0.05, 0.1) is 35.4 Å². The van der Waals surface area contributed by atoms with Gasteiger partial charge in [0.2, 0.25) is 15.8 Å². The van der Waals surface area contributed by atoms with E-state index in [0.717, 1.165) is 73.9 Å². The molecule has 244 valence electrons. The van der Waals surface area contributed by atoms with E-state index < -0.39 is 15.8 Å². The Morgan fingerprint density at radius 2 is 1.83 bits per heavy atom. The highest BCUT2D eigenvalue weighted by atomic mass is 32.2. The lowest BCUT2D eigenvalue weighted by Gasteiger charge is -2.43. The Balaban J connectivity index is 1.09. The molecule has 1 aromatic heterocycles. The molecule has 5 aliphatic rings. The highest BCUT2D eigenvalue weighted by molar-refractivity contribution is 7.92. The van der Waals surface area contributed by atoms with Crippen LogP contribution in [-0.4, -0.2) is 101 Å². The van der Waals surface area contributed by atoms with E-state index in [9.17, 15) is 8.42 Å². The summed E-state index contributed by atoms with van der Waals surface area (Å²) in [7, 11) is -1.23. The van der Waals surface area contributed by atoms with Crippen LogP contribution in [0.4, 0.5) is 22.9 Å². The van der Waals surface area contributed by atoms with Crippen molar-refractivity contribution in [1.29, 1.82) is 0 Å². The van der Waals surface area contributed by atoms with Crippen molar-refractivity contribution in [3.63, 3.8) is 0 Å². The first kappa shape index (κ1) is 29.6. The molecule has 0 aliphatic carbocycles. The number of nitrogens with two attached hydrogens (primary N) is 1. The van der Waals surface area contributed by atoms with Crippen molar-refractivity contribution in [3.05, 3.63) is 64.8 Å². The number of nitrogens with one attached hydrogen (secondary N) is 3. The van der Waals surface area contributed by atoms with E-state index in [0.29, 0.717) is 42.8 Å². The number of piperidine rings is 1. The number of hydrogen-bond acceptors (Lipinski definition) is 10. The van der Waals surface area contributed by atoms with Gasteiger partial charge in [0.1, 0.15) is 17.4 Å². The van der Waals surface area contributed by atoms with Crippen molar-refractivity contribution in [2.75, 3.05) is 85.6 Å². The number of benzene rings is 2. The molecule has 2 fully saturated rings. The van der Waals surface area contributed by atoms with Crippen molar-refractivity contribution in [2.45, 2.75) is 37.5 Å². The second kappa shape index (κ2) is 11.2. The molecule has 12 nitrogen and oxygen atoms in total. The maximum atomic E-state index is 12.6. The molecule has 0 amide bonds. The molecule has 46 heavy (non-hydrogen) atoms. The number of piperazine rings is 1. The number of aromatic amines is 1. The predicted octanol–water partition coefficient (Wildman–Crippen LogP) is 2.54. The molecule has 8 rings (SSSR count). The zero-order valence-corrected chi connectivity index (χ0v) is 27.4. The average molecular weight is 646 g/mol. The van der Waals surface area contributed by atoms with Gasteiger partial charge in [-0.1, -0.05) is 12.1 Å². The van der Waals surface area contributed by atoms with Gasteiger partial charge in [0.25, 0.3) is 0 Å². The van der Waals surface area contributed by atoms with E-state index >= 15 is 0 Å². The number of sulfonamides is 1. The molecule has 2 aromatic carbocycles. The van der Waals surface area contributed by atoms with E-state index in [4.69, 9.17) is 15.5 Å². The summed E-state index contributed by atoms with van der Waals surface area (Å²) in [5.41, 5.74) is 13.5. The quantitative estimate of drug-likeness (QED) is 0.330. The minimum absolute atomic E-state index is 0.417. The number of rotatable bonds is 5. The first-order chi connectivity index (χ1) is 22.2. The van der Waals surface area contributed by atoms with Crippen LogP contribution in [0.5, 0.6) is 5.75 Å². The fourth-order valence-electron chi connectivity index (χ4n) is 7.86. The van der Waals surface area contributed by atoms with Crippen molar-refractivity contribution in [3.8, 4) is 5.75 Å². The molecule has 1 atom stereocenters. The number of amidine groups is 1. The second-order valence-electron chi connectivity index (χ2n) is 13.2. The maximum absolute atomic E-state index is 12.6. The second-order valence-corrected chi connectivity index (χ2v) is 15.1. The average Bonchev–Trinajstić information content (AvgIpc) is 3.81. The fourth-order valence-corrected chi connectivity index (χ4v) is 8.83. The molecule has 2 saturated heterocycles. The first-order valence-electron chi connectivity index (χ1n) is 16.4. The molecule has 1 unspecified atom stereocenters. The van der Waals surface area contributed by atoms with E-state index in [1.165, 1.54) is 34.7 Å². The molecule has 6 heterocycles. The van der Waals surface area contributed by atoms with Crippen molar-refractivity contribution in [1.82, 2.24) is 14.8 Å². The molecule has 13 heteroatoms. The van der Waals surface area contributed by atoms with Crippen LogP contribution < -0.4 is 30.3 Å². The van der Waals surface area contributed by atoms with E-state index in [-0.39, 0.29) is 0 Å². The summed E-state index contributed by atoms with van der Waals surface area (Å²) in [6.07, 6.45) is 6.90. The van der Waals surface area contributed by atoms with Crippen LogP contribution in [0.25, 0.3) is 0 Å². The number of para-hydroxylation sites is 1. The van der Waals surface area contributed by atoms with Crippen LogP contribution in [-0.2, 0) is 28.7 Å². The molecule has 0 saturated carbocycles. The zero-order chi connectivity index (χ0) is 31.6. The molecule has 3 aromatic rings. The summed E-state index contributed by atoms with van der Waals surface area (Å²) in [5, 5.41) is 6.89. The minimum Gasteiger partial charge on any atom is -0.492 e. The standard InChI is InChI=1S/C33H43N9O3S/c1-39-17-19-40(20-18-39)23-10-14-41(15-11-23)28-7-6-26(30-24(28)12-21-45-30)33(34)37-31-25(8-13-35-31)32(38-33)36-27-5-3-4-22-9-16-42(29(22)27)46(2,43)44/h3-8,13,23,35,37H,9-12,14-21,34H2,1-2H3,(H,36,38). The molecule has 0 radical (unpaired) electrons. The van der Waals surface area contributed by atoms with E-state index in [1.807, 2.05) is 30.5 Å². The van der Waals surface area contributed by atoms with Crippen LogP contribution in [0.2, 0.25) is 0 Å². The van der Waals surface area contributed by atoms with Crippen molar-refractivity contribution >= 4 is 38.7 Å². The molecular weight excluding hydrogens is 602 g/mol. The maximum Gasteiger partial charge on any atom is 0.232 e. The van der Waals surface area contributed by atoms with E-state index in [1.54, 1.807) is 0 Å². The zero-order valence-electron chi connectivity index (χ0n) is 26.6. The summed E-state index contributed by atoms with van der Waals surface area (Å²) in [6.45, 7) is 7.70. The third-order valence-corrected chi connectivity index (χ3v) is 11.5. The third-order valence-electron chi connectivity index (χ3n) is 10.3. The van der Waals surface area contributed by atoms with Gasteiger partial charge in [-0.05, 0) is 56.1 Å². The predicted molar refractivity (Wildman–Crippen MR) is 183 cm³/mol. The molecular formula is C33H43N9O3S. The van der Waals surface area contributed by atoms with Crippen molar-refractivity contribution in [2.24, 2.45) is 10.7 Å². The number of ether oxygens (including phenoxy) is 1. The van der Waals surface area contributed by atoms with Gasteiger partial charge < -0.3 is 30.2 Å². The lowest BCUT2D eigenvalue weighted by Crippen LogP contribution is -2.52. The summed E-state index contributed by atoms with van der Waals surface area (Å²) in [5.74, 6) is 0.758. The summed E-state index contributed by atoms with van der Waals surface area (Å²) in [4.78, 5) is 16.0. The number of anilines is 4. The fraction of sp³-hybridized carbons (Fsp3) is 0.485. The number of aromatic nitrogens is 1. The van der Waals surface area contributed by atoms with Gasteiger partial charge in [-0.15, -0.1) is 0 Å². The number of H-pyrrole nitrogens is 1. The summed E-state index contributed by atoms with van der Waals surface area (Å²) < 4.78 is 33.1. The Morgan fingerprint density at radius 3 is 2.61 bits per heavy atom. The third kappa shape index (κ3) is 5.09. The van der Waals surface area contributed by atoms with Gasteiger partial charge in [0.15, 0.2) is 0 Å². The highest BCUT2D eigenvalue weighted by Crippen LogP contribution is 2.44. The van der Waals surface area contributed by atoms with Gasteiger partial charge in [-0.25, -0.2) is 13.4 Å². The lowest BCUT2D eigenvalue weighted by atomic mass is 9.96. The molecule has 5 N–H and O–H groups in total. The van der Waals surface area contributed by atoms with E-state index in [2.05, 4.69) is 49.5 Å². The monoisotopic (exact) mass is 645 g/mol. The Hall–Kier alpha value is -3.78. The normalized spacial score (nSPS) is 23.8. The summed E-state index contributed by atoms with van der Waals surface area (Å²) >= 11 is 0. The van der Waals surface area contributed by atoms with Crippen LogP contribution in [0.1, 0.15) is 35.1 Å². The van der Waals surface area contributed by atoms with Crippen LogP contribution in [0.15, 0.2) is 47.6 Å². The number of likely N-dealkylation sites (N-methyl/N-ethyl adjacent to an activating group) is 1. The Kier molecular flexibility index (Phi) is 7.20. The number of fused-ring (bicyclic) bond motifs is 3.